The molecule has 5 aromatic rings. The molecule has 0 bridgehead atoms. The van der Waals surface area contributed by atoms with E-state index in [0.717, 1.165) is 59.6 Å². The molecule has 1 saturated heterocycles. The van der Waals surface area contributed by atoms with E-state index in [4.69, 9.17) is 14.7 Å². The van der Waals surface area contributed by atoms with Gasteiger partial charge >= 0.3 is 0 Å². The number of hydroxylamine groups is 1. The zero-order valence-electron chi connectivity index (χ0n) is 23.3. The number of ether oxygens (including phenoxy) is 2. The van der Waals surface area contributed by atoms with Gasteiger partial charge in [-0.2, -0.15) is 0 Å². The van der Waals surface area contributed by atoms with Gasteiger partial charge in [0.2, 0.25) is 0 Å². The average molecular weight is 560 g/mol. The molecule has 0 saturated carbocycles. The first-order valence-corrected chi connectivity index (χ1v) is 14.1. The van der Waals surface area contributed by atoms with Crippen LogP contribution in [0.3, 0.4) is 0 Å². The topological polar surface area (TPSA) is 83.1 Å². The van der Waals surface area contributed by atoms with Gasteiger partial charge in [-0.3, -0.25) is 10.0 Å². The number of nitrogens with zero attached hydrogens (tertiary/aromatic N) is 1. The Labute approximate surface area is 244 Å². The summed E-state index contributed by atoms with van der Waals surface area (Å²) in [6.45, 7) is 4.27. The molecule has 0 radical (unpaired) electrons. The van der Waals surface area contributed by atoms with Crippen molar-refractivity contribution in [3.05, 3.63) is 120 Å². The Balaban J connectivity index is 1.23. The molecular formula is C35H33N3O4. The maximum atomic E-state index is 11.8. The highest BCUT2D eigenvalue weighted by Gasteiger charge is 2.12. The molecule has 6 rings (SSSR count). The predicted octanol–water partition coefficient (Wildman–Crippen LogP) is 6.52. The third-order valence-corrected chi connectivity index (χ3v) is 7.53. The van der Waals surface area contributed by atoms with E-state index in [0.29, 0.717) is 18.7 Å². The number of fused-ring (bicyclic) bond motifs is 2. The predicted molar refractivity (Wildman–Crippen MR) is 169 cm³/mol. The zero-order chi connectivity index (χ0) is 28.7. The Kier molecular flexibility index (Phi) is 8.31. The third-order valence-electron chi connectivity index (χ3n) is 7.53. The molecule has 1 aliphatic heterocycles. The summed E-state index contributed by atoms with van der Waals surface area (Å²) in [6.07, 6.45) is 2.07. The summed E-state index contributed by atoms with van der Waals surface area (Å²) in [5.74, 6) is 0.287. The standard InChI is InChI=1S/C35H33N3O4/c39-35(37-40)29-10-8-25(9-11-29)20-26(24-42-34-7-3-5-28-4-1-2-6-33(28)34)23-36-31-14-12-27-13-15-32(22-30(27)21-31)38-16-18-41-19-17-38/h1-15,20-22,36,40H,16-19,23-24H2,(H,37,39)/b26-20-. The van der Waals surface area contributed by atoms with Crippen molar-refractivity contribution in [2.24, 2.45) is 0 Å². The molecule has 0 unspecified atom stereocenters. The lowest BCUT2D eigenvalue weighted by molar-refractivity contribution is 0.0706. The Bertz CT molecular complexity index is 1720. The van der Waals surface area contributed by atoms with Gasteiger partial charge in [0.15, 0.2) is 0 Å². The number of morpholine rings is 1. The molecule has 1 fully saturated rings. The fourth-order valence-electron chi connectivity index (χ4n) is 5.24. The molecule has 7 nitrogen and oxygen atoms in total. The smallest absolute Gasteiger partial charge is 0.274 e. The van der Waals surface area contributed by atoms with Crippen LogP contribution in [0.15, 0.2) is 109 Å². The molecule has 42 heavy (non-hydrogen) atoms. The van der Waals surface area contributed by atoms with Crippen molar-refractivity contribution < 1.29 is 19.5 Å². The van der Waals surface area contributed by atoms with Gasteiger partial charge in [0.25, 0.3) is 5.91 Å². The SMILES string of the molecule is O=C(NO)c1ccc(/C=C(/CNc2ccc3ccc(N4CCOCC4)cc3c2)COc2cccc3ccccc23)cc1. The first kappa shape index (κ1) is 27.3. The minimum Gasteiger partial charge on any atom is -0.489 e. The van der Waals surface area contributed by atoms with Crippen LogP contribution >= 0.6 is 0 Å². The molecule has 3 N–H and O–H groups in total. The third kappa shape index (κ3) is 6.38. The van der Waals surface area contributed by atoms with Crippen molar-refractivity contribution in [2.45, 2.75) is 0 Å². The summed E-state index contributed by atoms with van der Waals surface area (Å²) in [7, 11) is 0. The summed E-state index contributed by atoms with van der Waals surface area (Å²) in [5, 5.41) is 17.1. The minimum absolute atomic E-state index is 0.383. The molecule has 5 aromatic carbocycles. The van der Waals surface area contributed by atoms with Crippen LogP contribution in [0.25, 0.3) is 27.6 Å². The fourth-order valence-corrected chi connectivity index (χ4v) is 5.24. The summed E-state index contributed by atoms with van der Waals surface area (Å²) in [6, 6.07) is 34.4. The lowest BCUT2D eigenvalue weighted by Crippen LogP contribution is -2.36. The monoisotopic (exact) mass is 559 g/mol. The Hall–Kier alpha value is -4.85. The molecular weight excluding hydrogens is 526 g/mol. The normalized spacial score (nSPS) is 13.7. The van der Waals surface area contributed by atoms with Crippen LogP contribution in [-0.4, -0.2) is 50.6 Å². The quantitative estimate of drug-likeness (QED) is 0.141. The molecule has 7 heteroatoms. The number of nitrogens with one attached hydrogen (secondary N) is 2. The lowest BCUT2D eigenvalue weighted by Gasteiger charge is -2.29. The van der Waals surface area contributed by atoms with E-state index >= 15 is 0 Å². The zero-order valence-corrected chi connectivity index (χ0v) is 23.3. The largest absolute Gasteiger partial charge is 0.489 e. The van der Waals surface area contributed by atoms with E-state index in [1.165, 1.54) is 16.5 Å². The van der Waals surface area contributed by atoms with Crippen LogP contribution in [0, 0.1) is 0 Å². The number of hydrogen-bond donors (Lipinski definition) is 3. The minimum atomic E-state index is -0.542. The van der Waals surface area contributed by atoms with Gasteiger partial charge in [-0.15, -0.1) is 0 Å². The van der Waals surface area contributed by atoms with Crippen LogP contribution in [0.2, 0.25) is 0 Å². The number of hydrogen-bond acceptors (Lipinski definition) is 6. The number of carbonyl (C=O) groups excluding carboxylic acids is 1. The second-order valence-corrected chi connectivity index (χ2v) is 10.3. The van der Waals surface area contributed by atoms with E-state index in [-0.39, 0.29) is 0 Å². The van der Waals surface area contributed by atoms with E-state index < -0.39 is 5.91 Å². The molecule has 0 aromatic heterocycles. The van der Waals surface area contributed by atoms with Crippen LogP contribution < -0.4 is 20.4 Å². The highest BCUT2D eigenvalue weighted by atomic mass is 16.5. The van der Waals surface area contributed by atoms with Gasteiger partial charge in [0.1, 0.15) is 12.4 Å². The number of anilines is 2. The van der Waals surface area contributed by atoms with Crippen molar-refractivity contribution in [2.75, 3.05) is 49.7 Å². The van der Waals surface area contributed by atoms with Gasteiger partial charge in [-0.25, -0.2) is 5.48 Å². The Morgan fingerprint density at radius 2 is 1.64 bits per heavy atom. The highest BCUT2D eigenvalue weighted by Crippen LogP contribution is 2.27. The number of amides is 1. The van der Waals surface area contributed by atoms with Crippen molar-refractivity contribution in [1.82, 2.24) is 5.48 Å². The molecule has 0 atom stereocenters. The van der Waals surface area contributed by atoms with Crippen molar-refractivity contribution >= 4 is 44.9 Å². The van der Waals surface area contributed by atoms with Crippen LogP contribution in [0.1, 0.15) is 15.9 Å². The summed E-state index contributed by atoms with van der Waals surface area (Å²) >= 11 is 0. The lowest BCUT2D eigenvalue weighted by atomic mass is 10.1. The average Bonchev–Trinajstić information content (AvgIpc) is 3.06. The van der Waals surface area contributed by atoms with Crippen LogP contribution in [0.5, 0.6) is 5.75 Å². The molecule has 1 heterocycles. The van der Waals surface area contributed by atoms with Crippen molar-refractivity contribution in [3.8, 4) is 5.75 Å². The van der Waals surface area contributed by atoms with Crippen LogP contribution in [-0.2, 0) is 4.74 Å². The number of rotatable bonds is 9. The molecule has 1 aliphatic rings. The highest BCUT2D eigenvalue weighted by molar-refractivity contribution is 5.93. The molecule has 212 valence electrons. The molecule has 1 amide bonds. The molecule has 0 spiro atoms. The molecule has 0 aliphatic carbocycles. The Morgan fingerprint density at radius 3 is 2.48 bits per heavy atom. The van der Waals surface area contributed by atoms with Crippen molar-refractivity contribution in [3.63, 3.8) is 0 Å². The van der Waals surface area contributed by atoms with E-state index in [9.17, 15) is 4.79 Å². The first-order valence-electron chi connectivity index (χ1n) is 14.1. The van der Waals surface area contributed by atoms with E-state index in [2.05, 4.69) is 70.9 Å². The second kappa shape index (κ2) is 12.8. The van der Waals surface area contributed by atoms with Gasteiger partial charge in [0.05, 0.1) is 13.2 Å². The van der Waals surface area contributed by atoms with Gasteiger partial charge in [-0.1, -0.05) is 66.7 Å². The maximum absolute atomic E-state index is 11.8. The van der Waals surface area contributed by atoms with Gasteiger partial charge in [-0.05, 0) is 69.8 Å². The van der Waals surface area contributed by atoms with Gasteiger partial charge in [0, 0.05) is 42.0 Å². The van der Waals surface area contributed by atoms with Crippen LogP contribution in [0.4, 0.5) is 11.4 Å². The van der Waals surface area contributed by atoms with Crippen molar-refractivity contribution in [1.29, 1.82) is 0 Å². The Morgan fingerprint density at radius 1 is 0.857 bits per heavy atom. The fraction of sp³-hybridized carbons (Fsp3) is 0.171. The second-order valence-electron chi connectivity index (χ2n) is 10.3. The summed E-state index contributed by atoms with van der Waals surface area (Å²) in [4.78, 5) is 14.1. The van der Waals surface area contributed by atoms with E-state index in [1.807, 2.05) is 36.4 Å². The number of carbonyl (C=O) groups is 1. The summed E-state index contributed by atoms with van der Waals surface area (Å²) < 4.78 is 11.9. The van der Waals surface area contributed by atoms with E-state index in [1.54, 1.807) is 17.6 Å². The van der Waals surface area contributed by atoms with Gasteiger partial charge < -0.3 is 19.7 Å². The summed E-state index contributed by atoms with van der Waals surface area (Å²) in [5.41, 5.74) is 6.25. The maximum Gasteiger partial charge on any atom is 0.274 e. The number of benzene rings is 5. The first-order chi connectivity index (χ1) is 20.7.